The SMILES string of the molecule is C[n+]1cncc2c1NCC(=O)N2. The zero-order chi connectivity index (χ0) is 8.55. The number of carbonyl (C=O) groups is 1. The molecular weight excluding hydrogens is 156 g/mol. The van der Waals surface area contributed by atoms with Crippen molar-refractivity contribution in [2.24, 2.45) is 7.05 Å². The van der Waals surface area contributed by atoms with Crippen LogP contribution < -0.4 is 15.2 Å². The number of carbonyl (C=O) groups excluding carboxylic acids is 1. The average molecular weight is 165 g/mol. The summed E-state index contributed by atoms with van der Waals surface area (Å²) in [6.07, 6.45) is 3.31. The zero-order valence-electron chi connectivity index (χ0n) is 6.66. The highest BCUT2D eigenvalue weighted by Crippen LogP contribution is 2.17. The highest BCUT2D eigenvalue weighted by molar-refractivity contribution is 5.98. The van der Waals surface area contributed by atoms with Gasteiger partial charge in [-0.05, 0) is 0 Å². The fraction of sp³-hybridized carbons (Fsp3) is 0.286. The summed E-state index contributed by atoms with van der Waals surface area (Å²) in [4.78, 5) is 14.9. The Hall–Kier alpha value is -1.65. The lowest BCUT2D eigenvalue weighted by Gasteiger charge is -2.14. The molecule has 1 amide bonds. The summed E-state index contributed by atoms with van der Waals surface area (Å²) in [5, 5.41) is 5.71. The number of nitrogens with zero attached hydrogens (tertiary/aromatic N) is 2. The fourth-order valence-corrected chi connectivity index (χ4v) is 1.19. The first-order valence-electron chi connectivity index (χ1n) is 3.65. The maximum atomic E-state index is 10.9. The molecule has 1 aromatic rings. The van der Waals surface area contributed by atoms with E-state index in [-0.39, 0.29) is 5.91 Å². The molecule has 2 heterocycles. The van der Waals surface area contributed by atoms with Gasteiger partial charge >= 0.3 is 0 Å². The lowest BCUT2D eigenvalue weighted by Crippen LogP contribution is -2.39. The number of amides is 1. The molecule has 0 spiro atoms. The quantitative estimate of drug-likeness (QED) is 0.498. The third-order valence-electron chi connectivity index (χ3n) is 1.74. The van der Waals surface area contributed by atoms with Gasteiger partial charge in [0.15, 0.2) is 0 Å². The van der Waals surface area contributed by atoms with Crippen LogP contribution >= 0.6 is 0 Å². The summed E-state index contributed by atoms with van der Waals surface area (Å²) in [5.41, 5.74) is 0.733. The first-order valence-corrected chi connectivity index (χ1v) is 3.65. The second kappa shape index (κ2) is 2.44. The molecule has 0 aliphatic carbocycles. The molecule has 1 aromatic heterocycles. The van der Waals surface area contributed by atoms with Crippen molar-refractivity contribution in [3.8, 4) is 0 Å². The van der Waals surface area contributed by atoms with Crippen LogP contribution in [0.3, 0.4) is 0 Å². The Bertz CT molecular complexity index is 336. The van der Waals surface area contributed by atoms with E-state index in [0.717, 1.165) is 11.5 Å². The molecule has 0 bridgehead atoms. The summed E-state index contributed by atoms with van der Waals surface area (Å²) >= 11 is 0. The molecule has 5 nitrogen and oxygen atoms in total. The lowest BCUT2D eigenvalue weighted by molar-refractivity contribution is -0.659. The second-order valence-electron chi connectivity index (χ2n) is 2.67. The van der Waals surface area contributed by atoms with Crippen LogP contribution in [0, 0.1) is 0 Å². The van der Waals surface area contributed by atoms with E-state index in [1.54, 1.807) is 12.5 Å². The van der Waals surface area contributed by atoms with Gasteiger partial charge in [0.25, 0.3) is 5.91 Å². The van der Waals surface area contributed by atoms with E-state index in [2.05, 4.69) is 15.6 Å². The second-order valence-corrected chi connectivity index (χ2v) is 2.67. The van der Waals surface area contributed by atoms with E-state index in [1.165, 1.54) is 0 Å². The third-order valence-corrected chi connectivity index (χ3v) is 1.74. The largest absolute Gasteiger partial charge is 0.315 e. The highest BCUT2D eigenvalue weighted by Gasteiger charge is 2.20. The standard InChI is InChI=1S/C7H8N4O/c1-11-4-8-2-5-7(11)9-3-6(12)10-5/h2,4H,3H2,1H3,(H,10,12)/p+1. The Morgan fingerprint density at radius 3 is 3.33 bits per heavy atom. The van der Waals surface area contributed by atoms with Gasteiger partial charge in [-0.3, -0.25) is 10.1 Å². The molecule has 0 aromatic carbocycles. The molecule has 0 saturated heterocycles. The first kappa shape index (κ1) is 7.02. The van der Waals surface area contributed by atoms with Crippen LogP contribution in [0.25, 0.3) is 0 Å². The molecule has 62 valence electrons. The molecule has 1 aliphatic rings. The van der Waals surface area contributed by atoms with Gasteiger partial charge in [0.1, 0.15) is 18.4 Å². The predicted molar refractivity (Wildman–Crippen MR) is 42.5 cm³/mol. The van der Waals surface area contributed by atoms with E-state index >= 15 is 0 Å². The Morgan fingerprint density at radius 1 is 1.67 bits per heavy atom. The molecule has 0 fully saturated rings. The van der Waals surface area contributed by atoms with E-state index in [0.29, 0.717) is 6.54 Å². The normalized spacial score (nSPS) is 14.6. The summed E-state index contributed by atoms with van der Waals surface area (Å²) in [5.74, 6) is 0.861. The van der Waals surface area contributed by atoms with Crippen LogP contribution in [0.4, 0.5) is 11.5 Å². The fourth-order valence-electron chi connectivity index (χ4n) is 1.19. The van der Waals surface area contributed by atoms with Crippen molar-refractivity contribution in [1.29, 1.82) is 0 Å². The van der Waals surface area contributed by atoms with E-state index in [4.69, 9.17) is 0 Å². The van der Waals surface area contributed by atoms with Crippen LogP contribution in [0.15, 0.2) is 12.5 Å². The van der Waals surface area contributed by atoms with Crippen molar-refractivity contribution >= 4 is 17.4 Å². The highest BCUT2D eigenvalue weighted by atomic mass is 16.2. The Kier molecular flexibility index (Phi) is 1.43. The maximum absolute atomic E-state index is 10.9. The Balaban J connectivity index is 2.48. The van der Waals surface area contributed by atoms with Gasteiger partial charge in [-0.25, -0.2) is 4.57 Å². The molecule has 1 aliphatic heterocycles. The van der Waals surface area contributed by atoms with Gasteiger partial charge in [0.05, 0.1) is 7.05 Å². The number of hydrogen-bond acceptors (Lipinski definition) is 3. The number of aryl methyl sites for hydroxylation is 1. The zero-order valence-corrected chi connectivity index (χ0v) is 6.66. The Morgan fingerprint density at radius 2 is 2.50 bits per heavy atom. The van der Waals surface area contributed by atoms with Crippen LogP contribution in [0.5, 0.6) is 0 Å². The van der Waals surface area contributed by atoms with Gasteiger partial charge < -0.3 is 5.32 Å². The summed E-state index contributed by atoms with van der Waals surface area (Å²) < 4.78 is 1.83. The molecule has 2 N–H and O–H groups in total. The van der Waals surface area contributed by atoms with E-state index < -0.39 is 0 Å². The van der Waals surface area contributed by atoms with Gasteiger partial charge in [-0.1, -0.05) is 0 Å². The molecule has 5 heteroatoms. The van der Waals surface area contributed by atoms with Gasteiger partial charge in [-0.2, -0.15) is 0 Å². The average Bonchev–Trinajstić information content (AvgIpc) is 2.04. The smallest absolute Gasteiger partial charge is 0.258 e. The van der Waals surface area contributed by atoms with E-state index in [1.807, 2.05) is 11.6 Å². The van der Waals surface area contributed by atoms with Crippen molar-refractivity contribution < 1.29 is 9.36 Å². The summed E-state index contributed by atoms with van der Waals surface area (Å²) in [6, 6.07) is 0. The predicted octanol–water partition coefficient (Wildman–Crippen LogP) is -0.730. The summed E-state index contributed by atoms with van der Waals surface area (Å²) in [7, 11) is 1.87. The van der Waals surface area contributed by atoms with E-state index in [9.17, 15) is 4.79 Å². The topological polar surface area (TPSA) is 57.9 Å². The minimum absolute atomic E-state index is 0.0319. The molecule has 0 saturated carbocycles. The molecule has 12 heavy (non-hydrogen) atoms. The van der Waals surface area contributed by atoms with Crippen molar-refractivity contribution in [3.05, 3.63) is 12.5 Å². The Labute approximate surface area is 69.4 Å². The third kappa shape index (κ3) is 0.990. The molecule has 0 radical (unpaired) electrons. The molecule has 0 unspecified atom stereocenters. The van der Waals surface area contributed by atoms with Crippen molar-refractivity contribution in [2.45, 2.75) is 0 Å². The van der Waals surface area contributed by atoms with Crippen molar-refractivity contribution in [3.63, 3.8) is 0 Å². The maximum Gasteiger partial charge on any atom is 0.258 e. The molecule has 0 atom stereocenters. The van der Waals surface area contributed by atoms with Crippen LogP contribution in [-0.2, 0) is 11.8 Å². The molecular formula is C7H9N4O+. The van der Waals surface area contributed by atoms with Crippen LogP contribution in [0.2, 0.25) is 0 Å². The van der Waals surface area contributed by atoms with Gasteiger partial charge in [0, 0.05) is 0 Å². The first-order chi connectivity index (χ1) is 5.77. The number of rotatable bonds is 0. The van der Waals surface area contributed by atoms with Gasteiger partial charge in [0.2, 0.25) is 12.1 Å². The number of hydrogen-bond donors (Lipinski definition) is 2. The lowest BCUT2D eigenvalue weighted by atomic mass is 10.3. The van der Waals surface area contributed by atoms with Crippen LogP contribution in [-0.4, -0.2) is 17.4 Å². The van der Waals surface area contributed by atoms with Gasteiger partial charge in [-0.15, -0.1) is 4.98 Å². The minimum Gasteiger partial charge on any atom is -0.315 e. The van der Waals surface area contributed by atoms with Crippen LogP contribution in [0.1, 0.15) is 0 Å². The number of aromatic nitrogens is 2. The number of nitrogens with one attached hydrogen (secondary N) is 2. The number of anilines is 2. The molecule has 2 rings (SSSR count). The van der Waals surface area contributed by atoms with Crippen molar-refractivity contribution in [1.82, 2.24) is 4.98 Å². The number of fused-ring (bicyclic) bond motifs is 1. The minimum atomic E-state index is -0.0319. The summed E-state index contributed by atoms with van der Waals surface area (Å²) in [6.45, 7) is 0.324. The monoisotopic (exact) mass is 165 g/mol. The van der Waals surface area contributed by atoms with Crippen molar-refractivity contribution in [2.75, 3.05) is 17.2 Å².